The van der Waals surface area contributed by atoms with E-state index in [9.17, 15) is 4.79 Å². The van der Waals surface area contributed by atoms with Crippen molar-refractivity contribution in [2.24, 2.45) is 0 Å². The topological polar surface area (TPSA) is 35.5 Å². The molecular formula is C15H16O3. The van der Waals surface area contributed by atoms with Gasteiger partial charge in [0.1, 0.15) is 11.9 Å². The summed E-state index contributed by atoms with van der Waals surface area (Å²) in [7, 11) is 1.36. The van der Waals surface area contributed by atoms with Crippen LogP contribution in [0.1, 0.15) is 18.1 Å². The maximum absolute atomic E-state index is 11.0. The molecule has 2 rings (SSSR count). The maximum atomic E-state index is 11.0. The second kappa shape index (κ2) is 5.08. The van der Waals surface area contributed by atoms with Crippen molar-refractivity contribution in [1.29, 1.82) is 0 Å². The van der Waals surface area contributed by atoms with Gasteiger partial charge in [-0.15, -0.1) is 0 Å². The first-order chi connectivity index (χ1) is 8.60. The SMILES string of the molecule is C=C(C)[C@@H]1Cc2cc(C=CC(=O)OC)ccc2O1. The van der Waals surface area contributed by atoms with E-state index in [-0.39, 0.29) is 12.1 Å². The van der Waals surface area contributed by atoms with Crippen molar-refractivity contribution >= 4 is 12.0 Å². The molecule has 0 radical (unpaired) electrons. The minimum atomic E-state index is -0.355. The lowest BCUT2D eigenvalue weighted by molar-refractivity contribution is -0.134. The third-order valence-corrected chi connectivity index (χ3v) is 2.92. The summed E-state index contributed by atoms with van der Waals surface area (Å²) >= 11 is 0. The number of carbonyl (C=O) groups is 1. The predicted octanol–water partition coefficient (Wildman–Crippen LogP) is 2.75. The van der Waals surface area contributed by atoms with Crippen LogP contribution in [-0.2, 0) is 16.0 Å². The molecule has 18 heavy (non-hydrogen) atoms. The lowest BCUT2D eigenvalue weighted by Crippen LogP contribution is -2.13. The molecule has 0 amide bonds. The molecule has 1 heterocycles. The van der Waals surface area contributed by atoms with E-state index in [4.69, 9.17) is 4.74 Å². The van der Waals surface area contributed by atoms with E-state index in [1.165, 1.54) is 13.2 Å². The number of carbonyl (C=O) groups excluding carboxylic acids is 1. The smallest absolute Gasteiger partial charge is 0.330 e. The van der Waals surface area contributed by atoms with Crippen molar-refractivity contribution in [1.82, 2.24) is 0 Å². The Labute approximate surface area is 107 Å². The second-order valence-corrected chi connectivity index (χ2v) is 4.38. The van der Waals surface area contributed by atoms with Gasteiger partial charge in [0, 0.05) is 12.5 Å². The van der Waals surface area contributed by atoms with Gasteiger partial charge < -0.3 is 9.47 Å². The third-order valence-electron chi connectivity index (χ3n) is 2.92. The Hall–Kier alpha value is -2.03. The molecule has 0 aliphatic carbocycles. The molecule has 0 saturated heterocycles. The normalized spacial score (nSPS) is 17.3. The number of benzene rings is 1. The lowest BCUT2D eigenvalue weighted by Gasteiger charge is -2.08. The summed E-state index contributed by atoms with van der Waals surface area (Å²) in [6.45, 7) is 5.88. The van der Waals surface area contributed by atoms with E-state index < -0.39 is 0 Å². The summed E-state index contributed by atoms with van der Waals surface area (Å²) in [5, 5.41) is 0. The van der Waals surface area contributed by atoms with Crippen LogP contribution in [0.25, 0.3) is 6.08 Å². The molecule has 3 heteroatoms. The van der Waals surface area contributed by atoms with Crippen LogP contribution in [0, 0.1) is 0 Å². The van der Waals surface area contributed by atoms with Gasteiger partial charge in [-0.2, -0.15) is 0 Å². The Kier molecular flexibility index (Phi) is 3.51. The Morgan fingerprint density at radius 3 is 3.00 bits per heavy atom. The largest absolute Gasteiger partial charge is 0.485 e. The van der Waals surface area contributed by atoms with E-state index in [1.54, 1.807) is 6.08 Å². The lowest BCUT2D eigenvalue weighted by atomic mass is 10.0. The highest BCUT2D eigenvalue weighted by Crippen LogP contribution is 2.32. The quantitative estimate of drug-likeness (QED) is 0.466. The van der Waals surface area contributed by atoms with Crippen molar-refractivity contribution in [2.75, 3.05) is 7.11 Å². The van der Waals surface area contributed by atoms with Gasteiger partial charge in [0.15, 0.2) is 0 Å². The molecule has 0 saturated carbocycles. The summed E-state index contributed by atoms with van der Waals surface area (Å²) in [4.78, 5) is 11.0. The Morgan fingerprint density at radius 2 is 2.33 bits per heavy atom. The molecule has 0 aromatic heterocycles. The second-order valence-electron chi connectivity index (χ2n) is 4.38. The molecule has 0 N–H and O–H groups in total. The molecule has 1 atom stereocenters. The van der Waals surface area contributed by atoms with E-state index in [0.29, 0.717) is 0 Å². The van der Waals surface area contributed by atoms with Crippen LogP contribution >= 0.6 is 0 Å². The summed E-state index contributed by atoms with van der Waals surface area (Å²) in [6.07, 6.45) is 4.05. The van der Waals surface area contributed by atoms with Gasteiger partial charge >= 0.3 is 5.97 Å². The number of esters is 1. The van der Waals surface area contributed by atoms with Crippen LogP contribution in [0.15, 0.2) is 36.4 Å². The van der Waals surface area contributed by atoms with Crippen LogP contribution in [-0.4, -0.2) is 19.2 Å². The fourth-order valence-corrected chi connectivity index (χ4v) is 1.88. The predicted molar refractivity (Wildman–Crippen MR) is 70.4 cm³/mol. The standard InChI is InChI=1S/C15H16O3/c1-10(2)14-9-12-8-11(4-6-13(12)18-14)5-7-15(16)17-3/h4-8,14H,1,9H2,2-3H3/t14-/m0/s1. The fourth-order valence-electron chi connectivity index (χ4n) is 1.88. The maximum Gasteiger partial charge on any atom is 0.330 e. The first-order valence-corrected chi connectivity index (χ1v) is 5.81. The Balaban J connectivity index is 2.16. The molecule has 0 unspecified atom stereocenters. The van der Waals surface area contributed by atoms with Gasteiger partial charge in [0.05, 0.1) is 7.11 Å². The summed E-state index contributed by atoms with van der Waals surface area (Å²) in [6, 6.07) is 5.87. The van der Waals surface area contributed by atoms with E-state index in [0.717, 1.165) is 28.9 Å². The summed E-state index contributed by atoms with van der Waals surface area (Å²) < 4.78 is 10.3. The van der Waals surface area contributed by atoms with Crippen LogP contribution in [0.5, 0.6) is 5.75 Å². The summed E-state index contributed by atoms with van der Waals surface area (Å²) in [5.74, 6) is 0.546. The average molecular weight is 244 g/mol. The molecule has 0 fully saturated rings. The monoisotopic (exact) mass is 244 g/mol. The van der Waals surface area contributed by atoms with Crippen LogP contribution in [0.4, 0.5) is 0 Å². The average Bonchev–Trinajstić information content (AvgIpc) is 2.79. The number of hydrogen-bond donors (Lipinski definition) is 0. The Morgan fingerprint density at radius 1 is 1.56 bits per heavy atom. The molecule has 1 aromatic rings. The zero-order chi connectivity index (χ0) is 13.1. The Bertz CT molecular complexity index is 514. The molecule has 3 nitrogen and oxygen atoms in total. The number of hydrogen-bond acceptors (Lipinski definition) is 3. The minimum absolute atomic E-state index is 0.0693. The molecular weight excluding hydrogens is 228 g/mol. The van der Waals surface area contributed by atoms with Crippen molar-refractivity contribution in [2.45, 2.75) is 19.4 Å². The van der Waals surface area contributed by atoms with Gasteiger partial charge in [0.25, 0.3) is 0 Å². The van der Waals surface area contributed by atoms with Crippen molar-refractivity contribution in [3.63, 3.8) is 0 Å². The number of ether oxygens (including phenoxy) is 2. The summed E-state index contributed by atoms with van der Waals surface area (Å²) in [5.41, 5.74) is 3.14. The molecule has 0 spiro atoms. The zero-order valence-electron chi connectivity index (χ0n) is 10.6. The van der Waals surface area contributed by atoms with Crippen LogP contribution < -0.4 is 4.74 Å². The molecule has 1 aliphatic rings. The molecule has 0 bridgehead atoms. The highest BCUT2D eigenvalue weighted by Gasteiger charge is 2.22. The van der Waals surface area contributed by atoms with Crippen LogP contribution in [0.2, 0.25) is 0 Å². The zero-order valence-corrected chi connectivity index (χ0v) is 10.6. The first kappa shape index (κ1) is 12.4. The van der Waals surface area contributed by atoms with E-state index >= 15 is 0 Å². The highest BCUT2D eigenvalue weighted by molar-refractivity contribution is 5.87. The van der Waals surface area contributed by atoms with Gasteiger partial charge in [-0.3, -0.25) is 0 Å². The first-order valence-electron chi connectivity index (χ1n) is 5.81. The number of methoxy groups -OCH3 is 1. The fraction of sp³-hybridized carbons (Fsp3) is 0.267. The van der Waals surface area contributed by atoms with Gasteiger partial charge in [0.2, 0.25) is 0 Å². The molecule has 1 aliphatic heterocycles. The van der Waals surface area contributed by atoms with Gasteiger partial charge in [-0.1, -0.05) is 12.6 Å². The highest BCUT2D eigenvalue weighted by atomic mass is 16.5. The van der Waals surface area contributed by atoms with Gasteiger partial charge in [-0.25, -0.2) is 4.79 Å². The van der Waals surface area contributed by atoms with Crippen LogP contribution in [0.3, 0.4) is 0 Å². The minimum Gasteiger partial charge on any atom is -0.485 e. The number of fused-ring (bicyclic) bond motifs is 1. The van der Waals surface area contributed by atoms with Crippen molar-refractivity contribution < 1.29 is 14.3 Å². The van der Waals surface area contributed by atoms with E-state index in [2.05, 4.69) is 11.3 Å². The molecule has 94 valence electrons. The van der Waals surface area contributed by atoms with Crippen molar-refractivity contribution in [3.05, 3.63) is 47.6 Å². The van der Waals surface area contributed by atoms with Gasteiger partial charge in [-0.05, 0) is 41.8 Å². The molecule has 1 aromatic carbocycles. The van der Waals surface area contributed by atoms with E-state index in [1.807, 2.05) is 25.1 Å². The number of rotatable bonds is 3. The third kappa shape index (κ3) is 2.62. The van der Waals surface area contributed by atoms with Crippen molar-refractivity contribution in [3.8, 4) is 5.75 Å².